The fourth-order valence-electron chi connectivity index (χ4n) is 3.15. The van der Waals surface area contributed by atoms with Crippen LogP contribution in [-0.4, -0.2) is 48.2 Å². The number of nitrogens with one attached hydrogen (secondary N) is 1. The lowest BCUT2D eigenvalue weighted by atomic mass is 10.0. The van der Waals surface area contributed by atoms with E-state index in [4.69, 9.17) is 14.5 Å². The van der Waals surface area contributed by atoms with Crippen molar-refractivity contribution in [3.63, 3.8) is 0 Å². The molecule has 0 aliphatic carbocycles. The molecule has 0 fully saturated rings. The van der Waals surface area contributed by atoms with E-state index in [1.165, 1.54) is 14.2 Å². The quantitative estimate of drug-likeness (QED) is 0.375. The molecule has 1 aromatic heterocycles. The fourth-order valence-corrected chi connectivity index (χ4v) is 3.15. The number of esters is 2. The second-order valence-corrected chi connectivity index (χ2v) is 6.14. The normalized spacial score (nSPS) is 13.0. The average molecular weight is 382 g/mol. The Morgan fingerprint density at radius 3 is 2.36 bits per heavy atom. The van der Waals surface area contributed by atoms with Crippen molar-refractivity contribution in [2.75, 3.05) is 26.1 Å². The van der Waals surface area contributed by atoms with Crippen molar-refractivity contribution >= 4 is 23.5 Å². The Hall–Kier alpha value is -3.42. The number of anilines is 1. The van der Waals surface area contributed by atoms with Crippen LogP contribution in [0.2, 0.25) is 0 Å². The van der Waals surface area contributed by atoms with Crippen molar-refractivity contribution in [1.82, 2.24) is 9.78 Å². The number of aromatic nitrogens is 2. The van der Waals surface area contributed by atoms with Crippen LogP contribution in [-0.2, 0) is 32.5 Å². The zero-order valence-electron chi connectivity index (χ0n) is 16.3. The molecule has 2 aromatic rings. The summed E-state index contributed by atoms with van der Waals surface area (Å²) >= 11 is 0. The van der Waals surface area contributed by atoms with E-state index >= 15 is 0 Å². The second-order valence-electron chi connectivity index (χ2n) is 6.14. The molecule has 8 nitrogen and oxygen atoms in total. The number of nitrogens with zero attached hydrogens (tertiary/aromatic N) is 3. The molecule has 1 aromatic carbocycles. The Morgan fingerprint density at radius 1 is 1.14 bits per heavy atom. The van der Waals surface area contributed by atoms with Crippen LogP contribution in [0.15, 0.2) is 46.6 Å². The van der Waals surface area contributed by atoms with Crippen molar-refractivity contribution in [2.24, 2.45) is 12.0 Å². The zero-order chi connectivity index (χ0) is 20.3. The Balaban J connectivity index is 2.26. The minimum absolute atomic E-state index is 0.0849. The second kappa shape index (κ2) is 8.08. The third-order valence-corrected chi connectivity index (χ3v) is 4.48. The van der Waals surface area contributed by atoms with Crippen LogP contribution in [0.5, 0.6) is 0 Å². The molecule has 1 aliphatic heterocycles. The van der Waals surface area contributed by atoms with E-state index in [-0.39, 0.29) is 12.1 Å². The Labute approximate surface area is 162 Å². The molecule has 1 aliphatic rings. The molecule has 0 amide bonds. The highest BCUT2D eigenvalue weighted by molar-refractivity contribution is 6.18. The van der Waals surface area contributed by atoms with Crippen molar-refractivity contribution in [2.45, 2.75) is 13.3 Å². The average Bonchev–Trinajstić information content (AvgIpc) is 2.91. The number of carbonyl (C=O) groups excluding carboxylic acids is 2. The number of hydrogen-bond donors (Lipinski definition) is 1. The fraction of sp³-hybridized carbons (Fsp3) is 0.300. The van der Waals surface area contributed by atoms with E-state index < -0.39 is 11.9 Å². The third-order valence-electron chi connectivity index (χ3n) is 4.48. The van der Waals surface area contributed by atoms with Gasteiger partial charge in [-0.3, -0.25) is 9.67 Å². The molecule has 0 unspecified atom stereocenters. The van der Waals surface area contributed by atoms with Gasteiger partial charge in [-0.2, -0.15) is 5.10 Å². The van der Waals surface area contributed by atoms with E-state index in [2.05, 4.69) is 10.4 Å². The minimum Gasteiger partial charge on any atom is -0.465 e. The smallest absolute Gasteiger partial charge is 0.347 e. The summed E-state index contributed by atoms with van der Waals surface area (Å²) in [6, 6.07) is 9.73. The van der Waals surface area contributed by atoms with Crippen molar-refractivity contribution in [1.29, 1.82) is 0 Å². The van der Waals surface area contributed by atoms with Crippen LogP contribution in [0, 0.1) is 0 Å². The summed E-state index contributed by atoms with van der Waals surface area (Å²) < 4.78 is 11.2. The largest absolute Gasteiger partial charge is 0.465 e. The van der Waals surface area contributed by atoms with Gasteiger partial charge in [0.2, 0.25) is 0 Å². The molecular weight excluding hydrogens is 360 g/mol. The summed E-state index contributed by atoms with van der Waals surface area (Å²) in [6.07, 6.45) is 0.705. The van der Waals surface area contributed by atoms with Gasteiger partial charge in [0, 0.05) is 12.6 Å². The molecule has 1 N–H and O–H groups in total. The predicted octanol–water partition coefficient (Wildman–Crippen LogP) is 1.85. The van der Waals surface area contributed by atoms with E-state index in [0.29, 0.717) is 17.9 Å². The molecule has 146 valence electrons. The lowest BCUT2D eigenvalue weighted by molar-refractivity contribution is -0.144. The predicted molar refractivity (Wildman–Crippen MR) is 104 cm³/mol. The highest BCUT2D eigenvalue weighted by Gasteiger charge is 2.30. The number of rotatable bonds is 4. The van der Waals surface area contributed by atoms with Gasteiger partial charge >= 0.3 is 11.9 Å². The maximum atomic E-state index is 12.2. The van der Waals surface area contributed by atoms with Crippen molar-refractivity contribution in [3.8, 4) is 0 Å². The van der Waals surface area contributed by atoms with Gasteiger partial charge in [-0.25, -0.2) is 9.59 Å². The van der Waals surface area contributed by atoms with E-state index in [1.807, 2.05) is 37.3 Å². The molecular formula is C20H22N4O4. The van der Waals surface area contributed by atoms with E-state index in [0.717, 1.165) is 22.5 Å². The number of carbonyl (C=O) groups is 2. The molecule has 3 rings (SSSR count). The first-order valence-corrected chi connectivity index (χ1v) is 8.84. The van der Waals surface area contributed by atoms with Gasteiger partial charge in [0.05, 0.1) is 43.4 Å². The number of fused-ring (bicyclic) bond motifs is 1. The summed E-state index contributed by atoms with van der Waals surface area (Å²) in [6.45, 7) is 2.10. The first kappa shape index (κ1) is 19.3. The molecule has 2 heterocycles. The summed E-state index contributed by atoms with van der Waals surface area (Å²) in [5.41, 5.74) is 3.47. The highest BCUT2D eigenvalue weighted by Crippen LogP contribution is 2.29. The summed E-state index contributed by atoms with van der Waals surface area (Å²) in [5, 5.41) is 7.75. The van der Waals surface area contributed by atoms with Crippen molar-refractivity contribution in [3.05, 3.63) is 58.4 Å². The SMILES string of the molecule is CCc1nn(C)c2c1C(c1ccccc1)=NCC(=C(C(=O)OC)C(=O)OC)N2. The first-order chi connectivity index (χ1) is 13.5. The number of ether oxygens (including phenoxy) is 2. The van der Waals surface area contributed by atoms with Gasteiger partial charge in [0.25, 0.3) is 0 Å². The molecule has 0 saturated carbocycles. The lowest BCUT2D eigenvalue weighted by Gasteiger charge is -2.12. The van der Waals surface area contributed by atoms with Gasteiger partial charge in [0.1, 0.15) is 5.82 Å². The Bertz CT molecular complexity index is 956. The Morgan fingerprint density at radius 2 is 1.79 bits per heavy atom. The maximum absolute atomic E-state index is 12.2. The molecule has 0 atom stereocenters. The van der Waals surface area contributed by atoms with Gasteiger partial charge in [-0.1, -0.05) is 37.3 Å². The molecule has 8 heteroatoms. The zero-order valence-corrected chi connectivity index (χ0v) is 16.3. The van der Waals surface area contributed by atoms with Gasteiger partial charge in [0.15, 0.2) is 5.57 Å². The van der Waals surface area contributed by atoms with Crippen LogP contribution in [0.3, 0.4) is 0 Å². The number of methoxy groups -OCH3 is 2. The van der Waals surface area contributed by atoms with Crippen LogP contribution in [0.25, 0.3) is 0 Å². The number of aryl methyl sites for hydroxylation is 2. The lowest BCUT2D eigenvalue weighted by Crippen LogP contribution is -2.22. The van der Waals surface area contributed by atoms with E-state index in [1.54, 1.807) is 11.7 Å². The first-order valence-electron chi connectivity index (χ1n) is 8.84. The minimum atomic E-state index is -0.785. The van der Waals surface area contributed by atoms with E-state index in [9.17, 15) is 9.59 Å². The summed E-state index contributed by atoms with van der Waals surface area (Å²) in [4.78, 5) is 29.2. The monoisotopic (exact) mass is 382 g/mol. The number of benzene rings is 1. The molecule has 0 radical (unpaired) electrons. The van der Waals surface area contributed by atoms with Crippen molar-refractivity contribution < 1.29 is 19.1 Å². The van der Waals surface area contributed by atoms with Crippen LogP contribution < -0.4 is 5.32 Å². The molecule has 0 saturated heterocycles. The third kappa shape index (κ3) is 3.40. The van der Waals surface area contributed by atoms with Crippen LogP contribution in [0.4, 0.5) is 5.82 Å². The topological polar surface area (TPSA) is 94.8 Å². The highest BCUT2D eigenvalue weighted by atomic mass is 16.5. The van der Waals surface area contributed by atoms with Crippen LogP contribution in [0.1, 0.15) is 23.7 Å². The molecule has 0 spiro atoms. The molecule has 28 heavy (non-hydrogen) atoms. The molecule has 0 bridgehead atoms. The summed E-state index contributed by atoms with van der Waals surface area (Å²) in [7, 11) is 4.23. The van der Waals surface area contributed by atoms with Gasteiger partial charge < -0.3 is 14.8 Å². The Kier molecular flexibility index (Phi) is 5.58. The number of aliphatic imine (C=N–C) groups is 1. The number of hydrogen-bond acceptors (Lipinski definition) is 7. The van der Waals surface area contributed by atoms with Gasteiger partial charge in [-0.05, 0) is 6.42 Å². The van der Waals surface area contributed by atoms with Crippen LogP contribution >= 0.6 is 0 Å². The summed E-state index contributed by atoms with van der Waals surface area (Å²) in [5.74, 6) is -0.920. The standard InChI is InChI=1S/C20H22N4O4/c1-5-13-15-17(12-9-7-6-8-10-12)21-11-14(22-18(15)24(2)23-13)16(19(25)27-3)20(26)28-4/h6-10,22H,5,11H2,1-4H3. The maximum Gasteiger partial charge on any atom is 0.347 e. The van der Waals surface area contributed by atoms with Gasteiger partial charge in [-0.15, -0.1) is 0 Å².